The minimum absolute atomic E-state index is 0.000463. The molecule has 0 fully saturated rings. The molecule has 0 bridgehead atoms. The Morgan fingerprint density at radius 1 is 1.33 bits per heavy atom. The van der Waals surface area contributed by atoms with E-state index in [9.17, 15) is 14.7 Å². The van der Waals surface area contributed by atoms with Gasteiger partial charge in [0.2, 0.25) is 6.10 Å². The molecule has 0 saturated carbocycles. The van der Waals surface area contributed by atoms with Crippen LogP contribution in [0.25, 0.3) is 0 Å². The summed E-state index contributed by atoms with van der Waals surface area (Å²) in [4.78, 5) is 25.4. The number of para-hydroxylation sites is 2. The van der Waals surface area contributed by atoms with Gasteiger partial charge in [-0.1, -0.05) is 12.1 Å². The van der Waals surface area contributed by atoms with Gasteiger partial charge in [0.1, 0.15) is 5.75 Å². The number of thiophene rings is 1. The molecule has 1 aliphatic rings. The number of carboxylic acids is 1. The van der Waals surface area contributed by atoms with Crippen LogP contribution in [0, 0.1) is 6.92 Å². The molecule has 5 nitrogen and oxygen atoms in total. The number of carbonyl (C=O) groups is 2. The van der Waals surface area contributed by atoms with Gasteiger partial charge in [0.15, 0.2) is 0 Å². The smallest absolute Gasteiger partial charge is 0.346 e. The molecule has 0 radical (unpaired) electrons. The highest BCUT2D eigenvalue weighted by molar-refractivity contribution is 7.08. The molecule has 2 aromatic rings. The Morgan fingerprint density at radius 3 is 2.76 bits per heavy atom. The number of hydrogen-bond acceptors (Lipinski definition) is 4. The van der Waals surface area contributed by atoms with Crippen LogP contribution >= 0.6 is 11.3 Å². The third-order valence-electron chi connectivity index (χ3n) is 3.38. The SMILES string of the molecule is Cc1cscc1C(=O)N1CC(C(=O)O)Oc2ccccc21. The maximum Gasteiger partial charge on any atom is 0.346 e. The number of rotatable bonds is 2. The largest absolute Gasteiger partial charge is 0.478 e. The predicted molar refractivity (Wildman–Crippen MR) is 79.2 cm³/mol. The third-order valence-corrected chi connectivity index (χ3v) is 4.24. The van der Waals surface area contributed by atoms with Crippen molar-refractivity contribution in [3.63, 3.8) is 0 Å². The third kappa shape index (κ3) is 2.38. The summed E-state index contributed by atoms with van der Waals surface area (Å²) in [6.45, 7) is 1.87. The number of carboxylic acid groups (broad SMARTS) is 1. The van der Waals surface area contributed by atoms with Gasteiger partial charge in [-0.15, -0.1) is 0 Å². The molecule has 0 aliphatic carbocycles. The first-order chi connectivity index (χ1) is 10.1. The van der Waals surface area contributed by atoms with Crippen molar-refractivity contribution < 1.29 is 19.4 Å². The van der Waals surface area contributed by atoms with Crippen LogP contribution in [0.5, 0.6) is 5.75 Å². The molecule has 1 aliphatic heterocycles. The van der Waals surface area contributed by atoms with Gasteiger partial charge in [-0.05, 0) is 30.0 Å². The fourth-order valence-electron chi connectivity index (χ4n) is 2.28. The lowest BCUT2D eigenvalue weighted by atomic mass is 10.1. The fraction of sp³-hybridized carbons (Fsp3) is 0.200. The fourth-order valence-corrected chi connectivity index (χ4v) is 3.10. The van der Waals surface area contributed by atoms with Gasteiger partial charge < -0.3 is 14.7 Å². The molecule has 1 N–H and O–H groups in total. The average Bonchev–Trinajstić information content (AvgIpc) is 2.91. The van der Waals surface area contributed by atoms with Crippen LogP contribution in [-0.4, -0.2) is 29.6 Å². The number of anilines is 1. The molecule has 0 spiro atoms. The Hall–Kier alpha value is -2.34. The summed E-state index contributed by atoms with van der Waals surface area (Å²) >= 11 is 1.45. The van der Waals surface area contributed by atoms with Crippen molar-refractivity contribution in [1.29, 1.82) is 0 Å². The topological polar surface area (TPSA) is 66.8 Å². The highest BCUT2D eigenvalue weighted by Crippen LogP contribution is 2.34. The summed E-state index contributed by atoms with van der Waals surface area (Å²) in [5.74, 6) is -0.863. The first-order valence-electron chi connectivity index (χ1n) is 6.41. The number of amides is 1. The highest BCUT2D eigenvalue weighted by Gasteiger charge is 2.34. The minimum atomic E-state index is -1.08. The van der Waals surface area contributed by atoms with Crippen LogP contribution in [-0.2, 0) is 4.79 Å². The van der Waals surface area contributed by atoms with Crippen LogP contribution in [0.2, 0.25) is 0 Å². The van der Waals surface area contributed by atoms with Gasteiger partial charge in [0.05, 0.1) is 17.8 Å². The van der Waals surface area contributed by atoms with Gasteiger partial charge in [0, 0.05) is 5.38 Å². The van der Waals surface area contributed by atoms with Gasteiger partial charge in [-0.2, -0.15) is 11.3 Å². The van der Waals surface area contributed by atoms with E-state index in [0.29, 0.717) is 17.0 Å². The van der Waals surface area contributed by atoms with E-state index in [1.54, 1.807) is 29.6 Å². The van der Waals surface area contributed by atoms with E-state index < -0.39 is 12.1 Å². The van der Waals surface area contributed by atoms with Crippen molar-refractivity contribution in [2.45, 2.75) is 13.0 Å². The second kappa shape index (κ2) is 5.21. The number of aliphatic carboxylic acids is 1. The Balaban J connectivity index is 2.02. The molecule has 1 aromatic heterocycles. The summed E-state index contributed by atoms with van der Waals surface area (Å²) in [6, 6.07) is 6.98. The second-order valence-corrected chi connectivity index (χ2v) is 5.54. The molecule has 21 heavy (non-hydrogen) atoms. The van der Waals surface area contributed by atoms with E-state index in [1.165, 1.54) is 16.2 Å². The molecular formula is C15H13NO4S. The number of fused-ring (bicyclic) bond motifs is 1. The number of aryl methyl sites for hydroxylation is 1. The molecular weight excluding hydrogens is 290 g/mol. The summed E-state index contributed by atoms with van der Waals surface area (Å²) < 4.78 is 5.43. The van der Waals surface area contributed by atoms with E-state index in [0.717, 1.165) is 5.56 Å². The lowest BCUT2D eigenvalue weighted by Crippen LogP contribution is -2.47. The van der Waals surface area contributed by atoms with E-state index >= 15 is 0 Å². The van der Waals surface area contributed by atoms with E-state index in [1.807, 2.05) is 12.3 Å². The number of benzene rings is 1. The zero-order valence-corrected chi connectivity index (χ0v) is 12.1. The Labute approximate surface area is 125 Å². The molecule has 0 saturated heterocycles. The van der Waals surface area contributed by atoms with Crippen molar-refractivity contribution in [2.75, 3.05) is 11.4 Å². The number of hydrogen-bond donors (Lipinski definition) is 1. The Kier molecular flexibility index (Phi) is 3.39. The summed E-state index contributed by atoms with van der Waals surface area (Å²) in [5.41, 5.74) is 2.09. The van der Waals surface area contributed by atoms with Crippen LogP contribution in [0.4, 0.5) is 5.69 Å². The molecule has 1 atom stereocenters. The molecule has 1 aromatic carbocycles. The number of nitrogens with zero attached hydrogens (tertiary/aromatic N) is 1. The molecule has 1 unspecified atom stereocenters. The van der Waals surface area contributed by atoms with Crippen LogP contribution < -0.4 is 9.64 Å². The summed E-state index contributed by atoms with van der Waals surface area (Å²) in [7, 11) is 0. The standard InChI is InChI=1S/C15H13NO4S/c1-9-7-21-8-10(9)14(17)16-6-13(15(18)19)20-12-5-3-2-4-11(12)16/h2-5,7-8,13H,6H2,1H3,(H,18,19). The molecule has 6 heteroatoms. The predicted octanol–water partition coefficient (Wildman–Crippen LogP) is 2.55. The molecule has 1 amide bonds. The maximum atomic E-state index is 12.7. The second-order valence-electron chi connectivity index (χ2n) is 4.80. The average molecular weight is 303 g/mol. The first kappa shape index (κ1) is 13.6. The van der Waals surface area contributed by atoms with E-state index in [-0.39, 0.29) is 12.5 Å². The summed E-state index contributed by atoms with van der Waals surface area (Å²) in [6.07, 6.45) is -1.05. The van der Waals surface area contributed by atoms with E-state index in [4.69, 9.17) is 4.74 Å². The number of ether oxygens (including phenoxy) is 1. The zero-order chi connectivity index (χ0) is 15.0. The van der Waals surface area contributed by atoms with Crippen LogP contribution in [0.3, 0.4) is 0 Å². The monoisotopic (exact) mass is 303 g/mol. The van der Waals surface area contributed by atoms with Crippen molar-refractivity contribution in [2.24, 2.45) is 0 Å². The van der Waals surface area contributed by atoms with Gasteiger partial charge in [-0.3, -0.25) is 4.79 Å². The normalized spacial score (nSPS) is 17.0. The van der Waals surface area contributed by atoms with Crippen LogP contribution in [0.1, 0.15) is 15.9 Å². The minimum Gasteiger partial charge on any atom is -0.478 e. The first-order valence-corrected chi connectivity index (χ1v) is 7.35. The van der Waals surface area contributed by atoms with Crippen molar-refractivity contribution in [3.8, 4) is 5.75 Å². The molecule has 3 rings (SSSR count). The Bertz CT molecular complexity index is 709. The summed E-state index contributed by atoms with van der Waals surface area (Å²) in [5, 5.41) is 12.9. The van der Waals surface area contributed by atoms with Crippen molar-refractivity contribution >= 4 is 28.9 Å². The zero-order valence-electron chi connectivity index (χ0n) is 11.3. The van der Waals surface area contributed by atoms with Gasteiger partial charge in [-0.25, -0.2) is 4.79 Å². The molecule has 2 heterocycles. The van der Waals surface area contributed by atoms with Gasteiger partial charge >= 0.3 is 5.97 Å². The van der Waals surface area contributed by atoms with E-state index in [2.05, 4.69) is 0 Å². The lowest BCUT2D eigenvalue weighted by Gasteiger charge is -2.33. The highest BCUT2D eigenvalue weighted by atomic mass is 32.1. The lowest BCUT2D eigenvalue weighted by molar-refractivity contribution is -0.144. The van der Waals surface area contributed by atoms with Crippen LogP contribution in [0.15, 0.2) is 35.0 Å². The van der Waals surface area contributed by atoms with Crippen molar-refractivity contribution in [1.82, 2.24) is 0 Å². The van der Waals surface area contributed by atoms with Crippen molar-refractivity contribution in [3.05, 3.63) is 46.2 Å². The van der Waals surface area contributed by atoms with Gasteiger partial charge in [0.25, 0.3) is 5.91 Å². The maximum absolute atomic E-state index is 12.7. The Morgan fingerprint density at radius 2 is 2.10 bits per heavy atom. The quantitative estimate of drug-likeness (QED) is 0.926. The molecule has 108 valence electrons. The number of carbonyl (C=O) groups excluding carboxylic acids is 1.